The van der Waals surface area contributed by atoms with Crippen LogP contribution in [0.2, 0.25) is 0 Å². The molecule has 1 atom stereocenters. The van der Waals surface area contributed by atoms with Gasteiger partial charge in [0.15, 0.2) is 11.0 Å². The molecule has 4 heteroatoms. The van der Waals surface area contributed by atoms with Crippen LogP contribution in [0.5, 0.6) is 0 Å². The molecule has 2 aromatic rings. The molecule has 0 N–H and O–H groups in total. The van der Waals surface area contributed by atoms with Gasteiger partial charge in [0, 0.05) is 24.2 Å². The number of hydrogen-bond donors (Lipinski definition) is 0. The molecule has 1 aromatic carbocycles. The Labute approximate surface area is 103 Å². The second kappa shape index (κ2) is 5.50. The van der Waals surface area contributed by atoms with E-state index in [1.54, 1.807) is 18.6 Å². The standard InChI is InChI=1S/C13H12N2OS/c1-11-4-6-13(7-5-11)17(16)15-10-12-3-2-8-14-9-12/h2-10H,1H3/b15-10+. The van der Waals surface area contributed by atoms with Gasteiger partial charge >= 0.3 is 0 Å². The topological polar surface area (TPSA) is 42.3 Å². The van der Waals surface area contributed by atoms with E-state index in [0.29, 0.717) is 4.90 Å². The van der Waals surface area contributed by atoms with Crippen LogP contribution in [0.3, 0.4) is 0 Å². The molecule has 0 bridgehead atoms. The molecule has 2 rings (SSSR count). The molecule has 3 nitrogen and oxygen atoms in total. The minimum Gasteiger partial charge on any atom is -0.264 e. The lowest BCUT2D eigenvalue weighted by Gasteiger charge is -1.96. The van der Waals surface area contributed by atoms with Crippen molar-refractivity contribution < 1.29 is 4.21 Å². The van der Waals surface area contributed by atoms with Gasteiger partial charge in [0.05, 0.1) is 4.90 Å². The Bertz CT molecular complexity index is 535. The summed E-state index contributed by atoms with van der Waals surface area (Å²) in [6, 6.07) is 11.2. The highest BCUT2D eigenvalue weighted by Gasteiger charge is 1.99. The SMILES string of the molecule is Cc1ccc(S(=O)/N=C/c2cccnc2)cc1. The first-order valence-electron chi connectivity index (χ1n) is 5.18. The number of hydrogen-bond acceptors (Lipinski definition) is 2. The summed E-state index contributed by atoms with van der Waals surface area (Å²) in [5, 5.41) is 0. The Morgan fingerprint density at radius 3 is 2.65 bits per heavy atom. The van der Waals surface area contributed by atoms with E-state index in [1.807, 2.05) is 43.3 Å². The molecule has 0 fully saturated rings. The molecule has 17 heavy (non-hydrogen) atoms. The lowest BCUT2D eigenvalue weighted by atomic mass is 10.2. The molecule has 1 heterocycles. The van der Waals surface area contributed by atoms with Crippen molar-refractivity contribution in [2.75, 3.05) is 0 Å². The fourth-order valence-corrected chi connectivity index (χ4v) is 1.98. The third kappa shape index (κ3) is 3.32. The monoisotopic (exact) mass is 244 g/mol. The Kier molecular flexibility index (Phi) is 3.77. The molecule has 1 unspecified atom stereocenters. The maximum absolute atomic E-state index is 11.8. The molecule has 0 aliphatic rings. The van der Waals surface area contributed by atoms with E-state index < -0.39 is 11.0 Å². The lowest BCUT2D eigenvalue weighted by Crippen LogP contribution is -1.89. The van der Waals surface area contributed by atoms with Gasteiger partial charge < -0.3 is 0 Å². The second-order valence-corrected chi connectivity index (χ2v) is 4.76. The summed E-state index contributed by atoms with van der Waals surface area (Å²) in [6.07, 6.45) is 4.94. The van der Waals surface area contributed by atoms with Gasteiger partial charge in [-0.1, -0.05) is 23.8 Å². The van der Waals surface area contributed by atoms with Crippen molar-refractivity contribution in [2.45, 2.75) is 11.8 Å². The van der Waals surface area contributed by atoms with Crippen molar-refractivity contribution in [3.05, 3.63) is 59.9 Å². The van der Waals surface area contributed by atoms with Crippen LogP contribution in [0.25, 0.3) is 0 Å². The number of nitrogens with zero attached hydrogens (tertiary/aromatic N) is 2. The third-order valence-electron chi connectivity index (χ3n) is 2.20. The quantitative estimate of drug-likeness (QED) is 0.779. The van der Waals surface area contributed by atoms with Gasteiger partial charge in [-0.3, -0.25) is 4.98 Å². The number of benzene rings is 1. The van der Waals surface area contributed by atoms with E-state index in [1.165, 1.54) is 0 Å². The van der Waals surface area contributed by atoms with Crippen LogP contribution in [-0.2, 0) is 11.0 Å². The molecule has 1 aromatic heterocycles. The average Bonchev–Trinajstić information content (AvgIpc) is 2.38. The van der Waals surface area contributed by atoms with Crippen LogP contribution in [0.1, 0.15) is 11.1 Å². The Balaban J connectivity index is 2.12. The highest BCUT2D eigenvalue weighted by atomic mass is 32.2. The normalized spacial score (nSPS) is 12.8. The van der Waals surface area contributed by atoms with Crippen molar-refractivity contribution in [1.82, 2.24) is 4.98 Å². The van der Waals surface area contributed by atoms with Gasteiger partial charge in [0.1, 0.15) is 0 Å². The highest BCUT2D eigenvalue weighted by Crippen LogP contribution is 2.09. The van der Waals surface area contributed by atoms with E-state index in [-0.39, 0.29) is 0 Å². The maximum atomic E-state index is 11.8. The summed E-state index contributed by atoms with van der Waals surface area (Å²) in [4.78, 5) is 4.66. The highest BCUT2D eigenvalue weighted by molar-refractivity contribution is 7.83. The Morgan fingerprint density at radius 1 is 1.24 bits per heavy atom. The molecule has 0 saturated carbocycles. The summed E-state index contributed by atoms with van der Waals surface area (Å²) in [7, 11) is -1.35. The van der Waals surface area contributed by atoms with Gasteiger partial charge in [-0.15, -0.1) is 0 Å². The van der Waals surface area contributed by atoms with Crippen molar-refractivity contribution in [3.8, 4) is 0 Å². The van der Waals surface area contributed by atoms with Crippen LogP contribution < -0.4 is 0 Å². The van der Waals surface area contributed by atoms with Crippen LogP contribution in [-0.4, -0.2) is 15.4 Å². The fourth-order valence-electron chi connectivity index (χ4n) is 1.28. The lowest BCUT2D eigenvalue weighted by molar-refractivity contribution is 0.684. The molecule has 0 spiro atoms. The smallest absolute Gasteiger partial charge is 0.172 e. The molecule has 86 valence electrons. The van der Waals surface area contributed by atoms with E-state index in [9.17, 15) is 4.21 Å². The van der Waals surface area contributed by atoms with Crippen molar-refractivity contribution >= 4 is 17.2 Å². The number of aryl methyl sites for hydroxylation is 1. The molecule has 0 radical (unpaired) electrons. The van der Waals surface area contributed by atoms with Gasteiger partial charge in [0.25, 0.3) is 0 Å². The first-order valence-corrected chi connectivity index (χ1v) is 6.29. The molecule has 0 aliphatic heterocycles. The van der Waals surface area contributed by atoms with Crippen molar-refractivity contribution in [3.63, 3.8) is 0 Å². The first kappa shape index (κ1) is 11.7. The summed E-state index contributed by atoms with van der Waals surface area (Å²) in [5.74, 6) is 0. The summed E-state index contributed by atoms with van der Waals surface area (Å²) >= 11 is 0. The zero-order valence-electron chi connectivity index (χ0n) is 9.41. The molecule has 0 saturated heterocycles. The average molecular weight is 244 g/mol. The van der Waals surface area contributed by atoms with Crippen molar-refractivity contribution in [2.24, 2.45) is 4.40 Å². The largest absolute Gasteiger partial charge is 0.264 e. The zero-order chi connectivity index (χ0) is 12.1. The van der Waals surface area contributed by atoms with Crippen LogP contribution in [0, 0.1) is 6.92 Å². The van der Waals surface area contributed by atoms with Crippen LogP contribution >= 0.6 is 0 Å². The van der Waals surface area contributed by atoms with Gasteiger partial charge in [-0.05, 0) is 25.1 Å². The predicted octanol–water partition coefficient (Wildman–Crippen LogP) is 2.53. The minimum absolute atomic E-state index is 0.704. The predicted molar refractivity (Wildman–Crippen MR) is 69.4 cm³/mol. The van der Waals surface area contributed by atoms with Crippen LogP contribution in [0.4, 0.5) is 0 Å². The summed E-state index contributed by atoms with van der Waals surface area (Å²) in [5.41, 5.74) is 1.98. The van der Waals surface area contributed by atoms with Crippen molar-refractivity contribution in [1.29, 1.82) is 0 Å². The maximum Gasteiger partial charge on any atom is 0.172 e. The molecular weight excluding hydrogens is 232 g/mol. The van der Waals surface area contributed by atoms with E-state index in [0.717, 1.165) is 11.1 Å². The second-order valence-electron chi connectivity index (χ2n) is 3.58. The number of rotatable bonds is 3. The Hall–Kier alpha value is -1.81. The van der Waals surface area contributed by atoms with Crippen LogP contribution in [0.15, 0.2) is 58.1 Å². The molecular formula is C13H12N2OS. The van der Waals surface area contributed by atoms with E-state index >= 15 is 0 Å². The molecule has 0 aliphatic carbocycles. The fraction of sp³-hybridized carbons (Fsp3) is 0.0769. The summed E-state index contributed by atoms with van der Waals surface area (Å²) < 4.78 is 15.8. The summed E-state index contributed by atoms with van der Waals surface area (Å²) in [6.45, 7) is 1.99. The van der Waals surface area contributed by atoms with E-state index in [4.69, 9.17) is 0 Å². The van der Waals surface area contributed by atoms with Gasteiger partial charge in [-0.2, -0.15) is 4.40 Å². The zero-order valence-corrected chi connectivity index (χ0v) is 10.2. The third-order valence-corrected chi connectivity index (χ3v) is 3.18. The number of pyridine rings is 1. The molecule has 0 amide bonds. The first-order chi connectivity index (χ1) is 8.25. The van der Waals surface area contributed by atoms with E-state index in [2.05, 4.69) is 9.38 Å². The number of aromatic nitrogens is 1. The van der Waals surface area contributed by atoms with Gasteiger partial charge in [-0.25, -0.2) is 4.21 Å². The minimum atomic E-state index is -1.35. The Morgan fingerprint density at radius 2 is 2.00 bits per heavy atom. The van der Waals surface area contributed by atoms with Gasteiger partial charge in [0.2, 0.25) is 0 Å².